The van der Waals surface area contributed by atoms with Crippen LogP contribution in [-0.2, 0) is 11.3 Å². The molecule has 1 fully saturated rings. The van der Waals surface area contributed by atoms with Crippen molar-refractivity contribution in [1.29, 1.82) is 0 Å². The van der Waals surface area contributed by atoms with Crippen molar-refractivity contribution in [2.45, 2.75) is 6.54 Å². The highest BCUT2D eigenvalue weighted by Gasteiger charge is 2.33. The zero-order valence-corrected chi connectivity index (χ0v) is 15.2. The second-order valence-electron chi connectivity index (χ2n) is 6.44. The van der Waals surface area contributed by atoms with Crippen LogP contribution in [0.4, 0.5) is 10.5 Å². The summed E-state index contributed by atoms with van der Waals surface area (Å²) in [6.07, 6.45) is 3.36. The number of benzene rings is 2. The Bertz CT molecular complexity index is 1120. The van der Waals surface area contributed by atoms with Gasteiger partial charge in [-0.2, -0.15) is 0 Å². The van der Waals surface area contributed by atoms with Crippen molar-refractivity contribution in [3.8, 4) is 5.69 Å². The third-order valence-corrected chi connectivity index (χ3v) is 4.56. The highest BCUT2D eigenvalue weighted by molar-refractivity contribution is 6.13. The molecule has 3 amide bonds. The van der Waals surface area contributed by atoms with Crippen LogP contribution in [0.3, 0.4) is 0 Å². The lowest BCUT2D eigenvalue weighted by atomic mass is 10.2. The molecule has 8 heteroatoms. The molecule has 0 saturated carbocycles. The summed E-state index contributed by atoms with van der Waals surface area (Å²) in [5.74, 6) is -0.407. The molecule has 1 saturated heterocycles. The molecule has 1 aliphatic rings. The van der Waals surface area contributed by atoms with Gasteiger partial charge in [0.2, 0.25) is 0 Å². The van der Waals surface area contributed by atoms with Gasteiger partial charge in [-0.3, -0.25) is 19.8 Å². The van der Waals surface area contributed by atoms with Crippen LogP contribution >= 0.6 is 0 Å². The largest absolute Gasteiger partial charge is 0.329 e. The average molecular weight is 388 g/mol. The first-order chi connectivity index (χ1) is 14.0. The smallest absolute Gasteiger partial charge is 0.317 e. The summed E-state index contributed by atoms with van der Waals surface area (Å²) in [4.78, 5) is 36.5. The minimum atomic E-state index is -0.474. The molecule has 0 bridgehead atoms. The normalized spacial score (nSPS) is 15.0. The molecule has 3 aromatic rings. The van der Waals surface area contributed by atoms with Crippen molar-refractivity contribution in [2.75, 3.05) is 0 Å². The first-order valence-electron chi connectivity index (χ1n) is 8.83. The number of carbonyl (C=O) groups excluding carboxylic acids is 2. The van der Waals surface area contributed by atoms with E-state index in [1.54, 1.807) is 41.1 Å². The first-order valence-corrected chi connectivity index (χ1v) is 8.83. The molecule has 0 radical (unpaired) electrons. The van der Waals surface area contributed by atoms with Gasteiger partial charge in [-0.05, 0) is 35.9 Å². The molecule has 2 aromatic carbocycles. The minimum Gasteiger partial charge on any atom is -0.317 e. The molecule has 2 heterocycles. The highest BCUT2D eigenvalue weighted by Crippen LogP contribution is 2.21. The fourth-order valence-corrected chi connectivity index (χ4v) is 3.11. The second-order valence-corrected chi connectivity index (χ2v) is 6.44. The van der Waals surface area contributed by atoms with Crippen molar-refractivity contribution in [2.24, 2.45) is 0 Å². The average Bonchev–Trinajstić information content (AvgIpc) is 3.29. The van der Waals surface area contributed by atoms with E-state index in [9.17, 15) is 19.7 Å². The molecule has 144 valence electrons. The van der Waals surface area contributed by atoms with Gasteiger partial charge in [0, 0.05) is 29.7 Å². The predicted molar refractivity (Wildman–Crippen MR) is 106 cm³/mol. The molecule has 0 spiro atoms. The zero-order chi connectivity index (χ0) is 20.4. The van der Waals surface area contributed by atoms with Crippen LogP contribution < -0.4 is 5.32 Å². The van der Waals surface area contributed by atoms with E-state index in [1.807, 2.05) is 30.3 Å². The standard InChI is InChI=1S/C21H16N4O4/c26-20-19(22-21(27)24(20)14-15-5-2-1-3-6-15)13-18-7-4-12-23(18)16-8-10-17(11-9-16)25(28)29/h1-13H,14H2,(H,22,27)/b19-13+. The van der Waals surface area contributed by atoms with Gasteiger partial charge >= 0.3 is 6.03 Å². The van der Waals surface area contributed by atoms with Crippen LogP contribution in [0.15, 0.2) is 78.6 Å². The van der Waals surface area contributed by atoms with Crippen LogP contribution in [0.25, 0.3) is 11.8 Å². The van der Waals surface area contributed by atoms with Gasteiger partial charge in [0.15, 0.2) is 0 Å². The molecular formula is C21H16N4O4. The summed E-state index contributed by atoms with van der Waals surface area (Å²) in [5.41, 5.74) is 2.38. The number of imide groups is 1. The number of hydrogen-bond donors (Lipinski definition) is 1. The van der Waals surface area contributed by atoms with E-state index in [4.69, 9.17) is 0 Å². The first kappa shape index (κ1) is 18.2. The number of nitrogens with one attached hydrogen (secondary N) is 1. The summed E-state index contributed by atoms with van der Waals surface area (Å²) < 4.78 is 1.77. The summed E-state index contributed by atoms with van der Waals surface area (Å²) in [5, 5.41) is 13.4. The van der Waals surface area contributed by atoms with Gasteiger partial charge in [0.25, 0.3) is 11.6 Å². The molecule has 1 N–H and O–H groups in total. The molecule has 1 aromatic heterocycles. The molecule has 4 rings (SSSR count). The van der Waals surface area contributed by atoms with E-state index in [0.29, 0.717) is 11.4 Å². The Morgan fingerprint density at radius 1 is 0.966 bits per heavy atom. The van der Waals surface area contributed by atoms with Crippen molar-refractivity contribution < 1.29 is 14.5 Å². The number of nitro groups is 1. The van der Waals surface area contributed by atoms with Gasteiger partial charge in [-0.15, -0.1) is 0 Å². The maximum atomic E-state index is 12.7. The Hall–Kier alpha value is -4.20. The Kier molecular flexibility index (Phi) is 4.66. The predicted octanol–water partition coefficient (Wildman–Crippen LogP) is 3.48. The summed E-state index contributed by atoms with van der Waals surface area (Å²) >= 11 is 0. The fourth-order valence-electron chi connectivity index (χ4n) is 3.11. The Morgan fingerprint density at radius 3 is 2.38 bits per heavy atom. The molecule has 1 aliphatic heterocycles. The maximum Gasteiger partial charge on any atom is 0.329 e. The lowest BCUT2D eigenvalue weighted by Crippen LogP contribution is -2.30. The van der Waals surface area contributed by atoms with E-state index in [-0.39, 0.29) is 17.9 Å². The van der Waals surface area contributed by atoms with Crippen LogP contribution in [0.1, 0.15) is 11.3 Å². The molecule has 29 heavy (non-hydrogen) atoms. The summed E-state index contributed by atoms with van der Waals surface area (Å²) in [6.45, 7) is 0.187. The van der Waals surface area contributed by atoms with Crippen LogP contribution in [0, 0.1) is 10.1 Å². The van der Waals surface area contributed by atoms with E-state index >= 15 is 0 Å². The molecule has 0 aliphatic carbocycles. The fraction of sp³-hybridized carbons (Fsp3) is 0.0476. The van der Waals surface area contributed by atoms with Gasteiger partial charge in [0.05, 0.1) is 11.5 Å². The second kappa shape index (κ2) is 7.43. The summed E-state index contributed by atoms with van der Waals surface area (Å²) in [6, 6.07) is 18.4. The van der Waals surface area contributed by atoms with E-state index in [1.165, 1.54) is 12.1 Å². The number of hydrogen-bond acceptors (Lipinski definition) is 4. The van der Waals surface area contributed by atoms with Crippen molar-refractivity contribution in [3.63, 3.8) is 0 Å². The van der Waals surface area contributed by atoms with Gasteiger partial charge < -0.3 is 9.88 Å². The maximum absolute atomic E-state index is 12.7. The van der Waals surface area contributed by atoms with E-state index < -0.39 is 16.9 Å². The van der Waals surface area contributed by atoms with Crippen LogP contribution in [0.2, 0.25) is 0 Å². The molecule has 0 atom stereocenters. The number of nitrogens with zero attached hydrogens (tertiary/aromatic N) is 3. The number of aromatic nitrogens is 1. The Balaban J connectivity index is 1.59. The number of rotatable bonds is 5. The number of nitro benzene ring substituents is 1. The SMILES string of the molecule is O=C1N/C(=C/c2cccn2-c2ccc([N+](=O)[O-])cc2)C(=O)N1Cc1ccccc1. The molecular weight excluding hydrogens is 372 g/mol. The lowest BCUT2D eigenvalue weighted by Gasteiger charge is -2.11. The Labute approximate surface area is 165 Å². The number of urea groups is 1. The van der Waals surface area contributed by atoms with E-state index in [0.717, 1.165) is 10.5 Å². The van der Waals surface area contributed by atoms with Gasteiger partial charge in [0.1, 0.15) is 5.70 Å². The zero-order valence-electron chi connectivity index (χ0n) is 15.2. The number of non-ortho nitro benzene ring substituents is 1. The van der Waals surface area contributed by atoms with Crippen LogP contribution in [-0.4, -0.2) is 26.3 Å². The van der Waals surface area contributed by atoms with Gasteiger partial charge in [-0.25, -0.2) is 4.79 Å². The third-order valence-electron chi connectivity index (χ3n) is 4.56. The third kappa shape index (κ3) is 3.63. The summed E-state index contributed by atoms with van der Waals surface area (Å²) in [7, 11) is 0. The number of amides is 3. The quantitative estimate of drug-likeness (QED) is 0.313. The number of carbonyl (C=O) groups is 2. The van der Waals surface area contributed by atoms with Gasteiger partial charge in [-0.1, -0.05) is 30.3 Å². The van der Waals surface area contributed by atoms with Crippen molar-refractivity contribution >= 4 is 23.7 Å². The highest BCUT2D eigenvalue weighted by atomic mass is 16.6. The molecule has 8 nitrogen and oxygen atoms in total. The van der Waals surface area contributed by atoms with Crippen LogP contribution in [0.5, 0.6) is 0 Å². The minimum absolute atomic E-state index is 0.00408. The Morgan fingerprint density at radius 2 is 1.69 bits per heavy atom. The topological polar surface area (TPSA) is 97.5 Å². The monoisotopic (exact) mass is 388 g/mol. The van der Waals surface area contributed by atoms with E-state index in [2.05, 4.69) is 5.32 Å². The molecule has 0 unspecified atom stereocenters. The lowest BCUT2D eigenvalue weighted by molar-refractivity contribution is -0.384. The van der Waals surface area contributed by atoms with Crippen molar-refractivity contribution in [1.82, 2.24) is 14.8 Å². The van der Waals surface area contributed by atoms with Crippen molar-refractivity contribution in [3.05, 3.63) is 100.0 Å².